The average Bonchev–Trinajstić information content (AvgIpc) is 2.53. The van der Waals surface area contributed by atoms with Gasteiger partial charge in [0.15, 0.2) is 0 Å². The Morgan fingerprint density at radius 3 is 2.47 bits per heavy atom. The minimum atomic E-state index is 0. The zero-order valence-electron chi connectivity index (χ0n) is 11.8. The van der Waals surface area contributed by atoms with Crippen molar-refractivity contribution in [3.05, 3.63) is 28.3 Å². The van der Waals surface area contributed by atoms with Crippen LogP contribution in [0, 0.1) is 6.92 Å². The van der Waals surface area contributed by atoms with Gasteiger partial charge >= 0.3 is 0 Å². The van der Waals surface area contributed by atoms with E-state index in [2.05, 4.69) is 33.8 Å². The van der Waals surface area contributed by atoms with Crippen molar-refractivity contribution in [2.24, 2.45) is 0 Å². The van der Waals surface area contributed by atoms with E-state index in [0.29, 0.717) is 5.04 Å². The zero-order valence-corrected chi connectivity index (χ0v) is 14.8. The number of rotatable bonds is 2. The molecule has 0 unspecified atom stereocenters. The maximum absolute atomic E-state index is 2.53. The fourth-order valence-corrected chi connectivity index (χ4v) is 4.34. The van der Waals surface area contributed by atoms with Gasteiger partial charge in [0, 0.05) is 31.2 Å². The SMILES string of the molecule is C[c-]1c(C[SiH2]C(C)(C)C)cc2c1CCCC2.[Ti]. The molecule has 94 valence electrons. The van der Waals surface area contributed by atoms with Crippen molar-refractivity contribution in [1.82, 2.24) is 0 Å². The van der Waals surface area contributed by atoms with Crippen LogP contribution >= 0.6 is 0 Å². The van der Waals surface area contributed by atoms with E-state index in [0.717, 1.165) is 0 Å². The molecule has 0 aromatic heterocycles. The third-order valence-electron chi connectivity index (χ3n) is 3.94. The first-order chi connectivity index (χ1) is 7.47. The maximum Gasteiger partial charge on any atom is 0.0283 e. The number of aryl methyl sites for hydroxylation is 1. The Morgan fingerprint density at radius 1 is 1.24 bits per heavy atom. The van der Waals surface area contributed by atoms with Crippen molar-refractivity contribution in [2.45, 2.75) is 64.5 Å². The van der Waals surface area contributed by atoms with Gasteiger partial charge in [0.2, 0.25) is 0 Å². The van der Waals surface area contributed by atoms with Gasteiger partial charge in [-0.3, -0.25) is 0 Å². The summed E-state index contributed by atoms with van der Waals surface area (Å²) in [4.78, 5) is 0. The van der Waals surface area contributed by atoms with E-state index in [1.54, 1.807) is 22.3 Å². The Balaban J connectivity index is 0.00000144. The van der Waals surface area contributed by atoms with E-state index in [-0.39, 0.29) is 31.2 Å². The van der Waals surface area contributed by atoms with Crippen LogP contribution < -0.4 is 0 Å². The third kappa shape index (κ3) is 3.87. The molecule has 0 atom stereocenters. The molecule has 0 fully saturated rings. The normalized spacial score (nSPS) is 16.0. The largest absolute Gasteiger partial charge is 0.207 e. The molecule has 1 aliphatic rings. The fourth-order valence-electron chi connectivity index (χ4n) is 2.80. The first-order valence-corrected chi connectivity index (χ1v) is 8.45. The summed E-state index contributed by atoms with van der Waals surface area (Å²) in [6.45, 7) is 9.56. The van der Waals surface area contributed by atoms with Crippen LogP contribution in [0.2, 0.25) is 5.04 Å². The van der Waals surface area contributed by atoms with E-state index in [1.165, 1.54) is 31.7 Å². The molecule has 1 aromatic rings. The van der Waals surface area contributed by atoms with Gasteiger partial charge in [-0.05, 0) is 5.04 Å². The van der Waals surface area contributed by atoms with Crippen molar-refractivity contribution in [2.75, 3.05) is 0 Å². The van der Waals surface area contributed by atoms with Gasteiger partial charge in [-0.1, -0.05) is 59.4 Å². The van der Waals surface area contributed by atoms with Gasteiger partial charge in [0.05, 0.1) is 0 Å². The summed E-state index contributed by atoms with van der Waals surface area (Å²) in [7, 11) is 0.0324. The molecule has 17 heavy (non-hydrogen) atoms. The molecule has 0 N–H and O–H groups in total. The maximum atomic E-state index is 2.53. The molecule has 1 aromatic carbocycles. The average molecular weight is 281 g/mol. The number of hydrogen-bond donors (Lipinski definition) is 0. The summed E-state index contributed by atoms with van der Waals surface area (Å²) >= 11 is 0. The molecular formula is C15H25SiTi-. The van der Waals surface area contributed by atoms with Crippen molar-refractivity contribution in [3.63, 3.8) is 0 Å². The predicted octanol–water partition coefficient (Wildman–Crippen LogP) is 3.48. The van der Waals surface area contributed by atoms with Gasteiger partial charge in [-0.2, -0.15) is 22.3 Å². The van der Waals surface area contributed by atoms with Crippen molar-refractivity contribution in [1.29, 1.82) is 0 Å². The molecule has 0 spiro atoms. The smallest absolute Gasteiger partial charge is 0.0283 e. The van der Waals surface area contributed by atoms with Crippen molar-refractivity contribution in [3.8, 4) is 0 Å². The predicted molar refractivity (Wildman–Crippen MR) is 75.4 cm³/mol. The summed E-state index contributed by atoms with van der Waals surface area (Å²) in [6.07, 6.45) is 5.51. The Bertz CT molecular complexity index is 371. The minimum absolute atomic E-state index is 0. The van der Waals surface area contributed by atoms with E-state index in [9.17, 15) is 0 Å². The summed E-state index contributed by atoms with van der Waals surface area (Å²) in [5.74, 6) is 0. The van der Waals surface area contributed by atoms with Crippen molar-refractivity contribution >= 4 is 9.52 Å². The Kier molecular flexibility index (Phi) is 5.37. The molecule has 0 nitrogen and oxygen atoms in total. The standard InChI is InChI=1S/C15H25Si.Ti/c1-11-13(10-16-15(2,3)4)9-12-7-5-6-8-14(11)12;/h9H,5-8,10,16H2,1-4H3;/q-1;. The molecule has 0 saturated heterocycles. The van der Waals surface area contributed by atoms with E-state index in [1.807, 2.05) is 0 Å². The van der Waals surface area contributed by atoms with E-state index in [4.69, 9.17) is 0 Å². The van der Waals surface area contributed by atoms with Gasteiger partial charge < -0.3 is 0 Å². The zero-order chi connectivity index (χ0) is 11.8. The Labute approximate surface area is 124 Å². The molecule has 0 bridgehead atoms. The first-order valence-electron chi connectivity index (χ1n) is 6.74. The van der Waals surface area contributed by atoms with Crippen LogP contribution in [-0.2, 0) is 40.6 Å². The number of hydrogen-bond acceptors (Lipinski definition) is 0. The van der Waals surface area contributed by atoms with Crippen molar-refractivity contribution < 1.29 is 21.7 Å². The summed E-state index contributed by atoms with van der Waals surface area (Å²) in [5.41, 5.74) is 6.73. The van der Waals surface area contributed by atoms with Crippen LogP contribution in [0.4, 0.5) is 0 Å². The van der Waals surface area contributed by atoms with Crippen LogP contribution in [0.1, 0.15) is 55.9 Å². The van der Waals surface area contributed by atoms with Gasteiger partial charge in [0.1, 0.15) is 0 Å². The molecule has 0 amide bonds. The van der Waals surface area contributed by atoms with Gasteiger partial charge in [-0.25, -0.2) is 6.07 Å². The third-order valence-corrected chi connectivity index (χ3v) is 6.23. The molecule has 2 rings (SSSR count). The van der Waals surface area contributed by atoms with Crippen LogP contribution in [0.25, 0.3) is 0 Å². The summed E-state index contributed by atoms with van der Waals surface area (Å²) < 4.78 is 0. The second-order valence-electron chi connectivity index (χ2n) is 6.57. The van der Waals surface area contributed by atoms with E-state index >= 15 is 0 Å². The molecular weight excluding hydrogens is 256 g/mol. The topological polar surface area (TPSA) is 0 Å². The molecule has 1 aliphatic carbocycles. The number of fused-ring (bicyclic) bond motifs is 1. The van der Waals surface area contributed by atoms with Crippen LogP contribution in [0.3, 0.4) is 0 Å². The molecule has 0 saturated carbocycles. The Morgan fingerprint density at radius 2 is 1.88 bits per heavy atom. The van der Waals surface area contributed by atoms with E-state index < -0.39 is 0 Å². The summed E-state index contributed by atoms with van der Waals surface area (Å²) in [5, 5.41) is 0.601. The van der Waals surface area contributed by atoms with Gasteiger partial charge in [0.25, 0.3) is 0 Å². The monoisotopic (exact) mass is 281 g/mol. The molecule has 0 radical (unpaired) electrons. The van der Waals surface area contributed by atoms with Crippen LogP contribution in [0.15, 0.2) is 6.07 Å². The second kappa shape index (κ2) is 5.95. The first kappa shape index (κ1) is 15.3. The summed E-state index contributed by atoms with van der Waals surface area (Å²) in [6, 6.07) is 3.94. The Hall–Kier alpha value is 0.281. The second-order valence-corrected chi connectivity index (χ2v) is 9.69. The molecule has 0 aliphatic heterocycles. The van der Waals surface area contributed by atoms with Crippen LogP contribution in [0.5, 0.6) is 0 Å². The van der Waals surface area contributed by atoms with Crippen LogP contribution in [-0.4, -0.2) is 9.52 Å². The molecule has 0 heterocycles. The molecule has 2 heteroatoms. The van der Waals surface area contributed by atoms with Gasteiger partial charge in [-0.15, -0.1) is 0 Å². The fraction of sp³-hybridized carbons (Fsp3) is 0.667. The quantitative estimate of drug-likeness (QED) is 0.575. The minimum Gasteiger partial charge on any atom is -0.207 e.